The van der Waals surface area contributed by atoms with Crippen molar-refractivity contribution in [3.63, 3.8) is 0 Å². The third-order valence-corrected chi connectivity index (χ3v) is 8.48. The molecule has 5 aromatic rings. The molecule has 210 valence electrons. The van der Waals surface area contributed by atoms with Crippen LogP contribution in [0.5, 0.6) is 5.75 Å². The molecule has 0 fully saturated rings. The van der Waals surface area contributed by atoms with Crippen LogP contribution in [0.1, 0.15) is 59.3 Å². The molecular formula is C34H33O6P. The lowest BCUT2D eigenvalue weighted by molar-refractivity contribution is 0.0969. The summed E-state index contributed by atoms with van der Waals surface area (Å²) in [4.78, 5) is 13.7. The van der Waals surface area contributed by atoms with E-state index in [-0.39, 0.29) is 37.1 Å². The maximum absolute atomic E-state index is 13.7. The Bertz CT molecular complexity index is 1600. The van der Waals surface area contributed by atoms with Gasteiger partial charge in [0.15, 0.2) is 17.3 Å². The predicted molar refractivity (Wildman–Crippen MR) is 161 cm³/mol. The molecule has 0 saturated heterocycles. The number of furan rings is 1. The molecule has 0 spiro atoms. The maximum atomic E-state index is 13.7. The standard InChI is InChI=1S/C34H33O6P/c1-3-37-41(36,38-4-2)40-33-28-22-14-15-23-31(28)39-34(33)32(27-20-12-7-13-21-27)29(25-16-8-5-9-17-25)24-30(35)26-18-10-6-11-19-26/h5-23,29,32H,3-4,24H2,1-2H3. The first-order chi connectivity index (χ1) is 20.0. The third-order valence-electron chi connectivity index (χ3n) is 6.93. The highest BCUT2D eigenvalue weighted by Crippen LogP contribution is 2.55. The van der Waals surface area contributed by atoms with Crippen LogP contribution in [-0.4, -0.2) is 19.0 Å². The first kappa shape index (κ1) is 28.6. The number of carbonyl (C=O) groups is 1. The summed E-state index contributed by atoms with van der Waals surface area (Å²) in [5.74, 6) is -0.0639. The Hall–Kier alpha value is -3.96. The largest absolute Gasteiger partial charge is 0.530 e. The quantitative estimate of drug-likeness (QED) is 0.104. The monoisotopic (exact) mass is 568 g/mol. The van der Waals surface area contributed by atoms with Gasteiger partial charge in [0.25, 0.3) is 0 Å². The topological polar surface area (TPSA) is 75.0 Å². The number of benzene rings is 4. The van der Waals surface area contributed by atoms with Crippen LogP contribution < -0.4 is 4.52 Å². The van der Waals surface area contributed by atoms with Crippen molar-refractivity contribution >= 4 is 24.6 Å². The molecule has 1 aromatic heterocycles. The Balaban J connectivity index is 1.72. The number of hydrogen-bond donors (Lipinski definition) is 0. The Kier molecular flexibility index (Phi) is 9.15. The first-order valence-electron chi connectivity index (χ1n) is 13.8. The highest BCUT2D eigenvalue weighted by Gasteiger charge is 2.38. The highest BCUT2D eigenvalue weighted by atomic mass is 31.2. The first-order valence-corrected chi connectivity index (χ1v) is 15.3. The lowest BCUT2D eigenvalue weighted by Gasteiger charge is -2.28. The van der Waals surface area contributed by atoms with Crippen molar-refractivity contribution < 1.29 is 27.3 Å². The summed E-state index contributed by atoms with van der Waals surface area (Å²) in [5.41, 5.74) is 3.10. The molecule has 0 radical (unpaired) electrons. The lowest BCUT2D eigenvalue weighted by Crippen LogP contribution is -2.18. The van der Waals surface area contributed by atoms with E-state index in [0.29, 0.717) is 22.3 Å². The highest BCUT2D eigenvalue weighted by molar-refractivity contribution is 7.49. The number of para-hydroxylation sites is 1. The molecule has 0 N–H and O–H groups in total. The van der Waals surface area contributed by atoms with Crippen molar-refractivity contribution in [2.45, 2.75) is 32.1 Å². The molecule has 5 rings (SSSR count). The zero-order valence-corrected chi connectivity index (χ0v) is 24.0. The second-order valence-corrected chi connectivity index (χ2v) is 11.2. The minimum atomic E-state index is -3.98. The Morgan fingerprint density at radius 2 is 1.27 bits per heavy atom. The van der Waals surface area contributed by atoms with E-state index in [1.807, 2.05) is 115 Å². The van der Waals surface area contributed by atoms with E-state index < -0.39 is 13.7 Å². The fraction of sp³-hybridized carbons (Fsp3) is 0.206. The van der Waals surface area contributed by atoms with Crippen molar-refractivity contribution in [1.29, 1.82) is 0 Å². The van der Waals surface area contributed by atoms with Crippen LogP contribution in [0.4, 0.5) is 0 Å². The Morgan fingerprint density at radius 3 is 1.88 bits per heavy atom. The number of carbonyl (C=O) groups excluding carboxylic acids is 1. The SMILES string of the molecule is CCOP(=O)(OCC)Oc1c(C(c2ccccc2)C(CC(=O)c2ccccc2)c2ccccc2)oc2ccccc12. The van der Waals surface area contributed by atoms with E-state index in [2.05, 4.69) is 0 Å². The summed E-state index contributed by atoms with van der Waals surface area (Å²) < 4.78 is 37.4. The number of phosphoric ester groups is 1. The van der Waals surface area contributed by atoms with Gasteiger partial charge in [-0.05, 0) is 37.1 Å². The van der Waals surface area contributed by atoms with Gasteiger partial charge in [-0.2, -0.15) is 0 Å². The molecule has 6 nitrogen and oxygen atoms in total. The van der Waals surface area contributed by atoms with Crippen molar-refractivity contribution in [1.82, 2.24) is 0 Å². The van der Waals surface area contributed by atoms with Crippen LogP contribution in [0.15, 0.2) is 120 Å². The molecule has 7 heteroatoms. The predicted octanol–water partition coefficient (Wildman–Crippen LogP) is 9.18. The average Bonchev–Trinajstić information content (AvgIpc) is 3.35. The molecule has 0 aliphatic heterocycles. The molecule has 41 heavy (non-hydrogen) atoms. The van der Waals surface area contributed by atoms with Crippen LogP contribution in [-0.2, 0) is 13.6 Å². The second kappa shape index (κ2) is 13.1. The fourth-order valence-corrected chi connectivity index (χ4v) is 6.38. The van der Waals surface area contributed by atoms with Gasteiger partial charge in [0.2, 0.25) is 0 Å². The summed E-state index contributed by atoms with van der Waals surface area (Å²) in [5, 5.41) is 0.643. The molecule has 2 unspecified atom stereocenters. The van der Waals surface area contributed by atoms with Gasteiger partial charge in [-0.1, -0.05) is 103 Å². The molecule has 0 aliphatic rings. The molecule has 4 aromatic carbocycles. The van der Waals surface area contributed by atoms with Gasteiger partial charge >= 0.3 is 7.82 Å². The normalized spacial score (nSPS) is 13.1. The summed E-state index contributed by atoms with van der Waals surface area (Å²) in [6.07, 6.45) is 0.207. The van der Waals surface area contributed by atoms with E-state index in [1.165, 1.54) is 0 Å². The summed E-state index contributed by atoms with van der Waals surface area (Å²) in [6.45, 7) is 3.75. The summed E-state index contributed by atoms with van der Waals surface area (Å²) in [7, 11) is -3.98. The minimum Gasteiger partial charge on any atom is -0.456 e. The molecule has 1 heterocycles. The second-order valence-electron chi connectivity index (χ2n) is 9.56. The van der Waals surface area contributed by atoms with E-state index in [0.717, 1.165) is 11.1 Å². The Morgan fingerprint density at radius 1 is 0.732 bits per heavy atom. The van der Waals surface area contributed by atoms with Crippen molar-refractivity contribution in [3.05, 3.63) is 138 Å². The van der Waals surface area contributed by atoms with Crippen molar-refractivity contribution in [3.8, 4) is 5.75 Å². The number of hydrogen-bond acceptors (Lipinski definition) is 6. The molecule has 0 aliphatic carbocycles. The number of Topliss-reactive ketones (excluding diaryl/α,β-unsaturated/α-hetero) is 1. The van der Waals surface area contributed by atoms with Crippen molar-refractivity contribution in [2.24, 2.45) is 0 Å². The van der Waals surface area contributed by atoms with Crippen LogP contribution >= 0.6 is 7.82 Å². The zero-order valence-electron chi connectivity index (χ0n) is 23.1. The van der Waals surface area contributed by atoms with E-state index in [4.69, 9.17) is 18.0 Å². The molecular weight excluding hydrogens is 535 g/mol. The molecule has 2 atom stereocenters. The molecule has 0 bridgehead atoms. The number of phosphoric acid groups is 1. The number of fused-ring (bicyclic) bond motifs is 1. The van der Waals surface area contributed by atoms with Crippen LogP contribution in [0.3, 0.4) is 0 Å². The maximum Gasteiger partial charge on any atom is 0.530 e. The fourth-order valence-electron chi connectivity index (χ4n) is 5.15. The van der Waals surface area contributed by atoms with Gasteiger partial charge in [0.1, 0.15) is 5.58 Å². The third kappa shape index (κ3) is 6.52. The summed E-state index contributed by atoms with van der Waals surface area (Å²) in [6, 6.07) is 36.5. The van der Waals surface area contributed by atoms with Gasteiger partial charge in [-0.25, -0.2) is 4.57 Å². The van der Waals surface area contributed by atoms with Gasteiger partial charge in [0.05, 0.1) is 24.5 Å². The van der Waals surface area contributed by atoms with Gasteiger partial charge in [0, 0.05) is 17.9 Å². The zero-order chi connectivity index (χ0) is 28.7. The van der Waals surface area contributed by atoms with E-state index in [9.17, 15) is 9.36 Å². The lowest BCUT2D eigenvalue weighted by atomic mass is 9.76. The van der Waals surface area contributed by atoms with Crippen molar-refractivity contribution in [2.75, 3.05) is 13.2 Å². The number of ketones is 1. The summed E-state index contributed by atoms with van der Waals surface area (Å²) >= 11 is 0. The van der Waals surface area contributed by atoms with Crippen LogP contribution in [0.2, 0.25) is 0 Å². The van der Waals surface area contributed by atoms with Crippen LogP contribution in [0, 0.1) is 0 Å². The minimum absolute atomic E-state index is 0.00766. The average molecular weight is 569 g/mol. The molecule has 0 amide bonds. The van der Waals surface area contributed by atoms with Crippen LogP contribution in [0.25, 0.3) is 11.0 Å². The van der Waals surface area contributed by atoms with Gasteiger partial charge < -0.3 is 8.94 Å². The molecule has 0 saturated carbocycles. The Labute approximate surface area is 240 Å². The van der Waals surface area contributed by atoms with Gasteiger partial charge in [-0.15, -0.1) is 0 Å². The smallest absolute Gasteiger partial charge is 0.456 e. The van der Waals surface area contributed by atoms with E-state index in [1.54, 1.807) is 13.8 Å². The number of rotatable bonds is 13. The van der Waals surface area contributed by atoms with E-state index >= 15 is 0 Å². The van der Waals surface area contributed by atoms with Gasteiger partial charge in [-0.3, -0.25) is 13.8 Å².